The summed E-state index contributed by atoms with van der Waals surface area (Å²) in [5, 5.41) is 8.22. The average Bonchev–Trinajstić information content (AvgIpc) is 3.16. The van der Waals surface area contributed by atoms with Crippen LogP contribution in [0, 0.1) is 5.82 Å². The van der Waals surface area contributed by atoms with E-state index < -0.39 is 5.91 Å². The number of halogens is 1. The van der Waals surface area contributed by atoms with E-state index in [2.05, 4.69) is 15.4 Å². The predicted octanol–water partition coefficient (Wildman–Crippen LogP) is 4.39. The Hall–Kier alpha value is -3.91. The number of carbonyl (C=O) groups excluding carboxylic acids is 1. The minimum absolute atomic E-state index is 0.0967. The fraction of sp³-hybridized carbons (Fsp3) is 0. The summed E-state index contributed by atoms with van der Waals surface area (Å²) >= 11 is 1.16. The number of hydrogen-bond acceptors (Lipinski definition) is 5. The van der Waals surface area contributed by atoms with Gasteiger partial charge in [-0.2, -0.15) is 9.78 Å². The molecule has 0 aliphatic carbocycles. The lowest BCUT2D eigenvalue weighted by molar-refractivity contribution is 0.102. The molecule has 0 atom stereocenters. The van der Waals surface area contributed by atoms with Crippen LogP contribution in [-0.4, -0.2) is 20.7 Å². The summed E-state index contributed by atoms with van der Waals surface area (Å²) in [6.45, 7) is 0. The van der Waals surface area contributed by atoms with Crippen molar-refractivity contribution in [2.24, 2.45) is 0 Å². The Bertz CT molecular complexity index is 1480. The lowest BCUT2D eigenvalue weighted by Gasteiger charge is -2.10. The van der Waals surface area contributed by atoms with Gasteiger partial charge in [-0.3, -0.25) is 14.9 Å². The highest BCUT2D eigenvalue weighted by Crippen LogP contribution is 2.27. The van der Waals surface area contributed by atoms with Crippen LogP contribution in [-0.2, 0) is 0 Å². The van der Waals surface area contributed by atoms with Gasteiger partial charge in [-0.05, 0) is 36.4 Å². The second-order valence-electron chi connectivity index (χ2n) is 6.53. The summed E-state index contributed by atoms with van der Waals surface area (Å²) in [7, 11) is 0. The SMILES string of the molecule is O=C(Nc1nc2ccc(F)cc2s1)c1nn(-c2ccccc2)c(=O)c2ccccc12. The normalized spacial score (nSPS) is 11.1. The van der Waals surface area contributed by atoms with Gasteiger partial charge in [0, 0.05) is 5.39 Å². The third kappa shape index (κ3) is 3.13. The molecule has 0 radical (unpaired) electrons. The van der Waals surface area contributed by atoms with Crippen LogP contribution in [0.5, 0.6) is 0 Å². The highest BCUT2D eigenvalue weighted by atomic mass is 32.1. The topological polar surface area (TPSA) is 76.9 Å². The van der Waals surface area contributed by atoms with Gasteiger partial charge in [-0.1, -0.05) is 47.7 Å². The first-order valence-corrected chi connectivity index (χ1v) is 9.87. The summed E-state index contributed by atoms with van der Waals surface area (Å²) in [4.78, 5) is 30.3. The number of nitrogens with one attached hydrogen (secondary N) is 1. The van der Waals surface area contributed by atoms with Crippen molar-refractivity contribution in [3.63, 3.8) is 0 Å². The fourth-order valence-corrected chi connectivity index (χ4v) is 4.10. The van der Waals surface area contributed by atoms with Gasteiger partial charge in [0.25, 0.3) is 11.5 Å². The first-order valence-electron chi connectivity index (χ1n) is 9.05. The van der Waals surface area contributed by atoms with E-state index in [0.717, 1.165) is 11.3 Å². The second kappa shape index (κ2) is 7.16. The van der Waals surface area contributed by atoms with Gasteiger partial charge in [0.05, 0.1) is 21.3 Å². The lowest BCUT2D eigenvalue weighted by atomic mass is 10.1. The molecule has 0 spiro atoms. The first kappa shape index (κ1) is 18.1. The van der Waals surface area contributed by atoms with Gasteiger partial charge in [-0.25, -0.2) is 9.37 Å². The molecule has 0 fully saturated rings. The summed E-state index contributed by atoms with van der Waals surface area (Å²) in [6.07, 6.45) is 0. The zero-order chi connectivity index (χ0) is 20.7. The molecule has 1 N–H and O–H groups in total. The number of anilines is 1. The molecule has 0 saturated heterocycles. The van der Waals surface area contributed by atoms with Crippen LogP contribution in [0.25, 0.3) is 26.7 Å². The number of fused-ring (bicyclic) bond motifs is 2. The number of hydrogen-bond donors (Lipinski definition) is 1. The van der Waals surface area contributed by atoms with Gasteiger partial charge in [0.2, 0.25) is 0 Å². The van der Waals surface area contributed by atoms with Crippen LogP contribution in [0.1, 0.15) is 10.5 Å². The van der Waals surface area contributed by atoms with Crippen molar-refractivity contribution < 1.29 is 9.18 Å². The maximum absolute atomic E-state index is 13.4. The Kier molecular flexibility index (Phi) is 4.33. The average molecular weight is 416 g/mol. The van der Waals surface area contributed by atoms with Gasteiger partial charge in [-0.15, -0.1) is 0 Å². The zero-order valence-corrected chi connectivity index (χ0v) is 16.2. The molecular formula is C22H13FN4O2S. The van der Waals surface area contributed by atoms with E-state index >= 15 is 0 Å². The van der Waals surface area contributed by atoms with E-state index in [0.29, 0.717) is 31.8 Å². The van der Waals surface area contributed by atoms with E-state index in [-0.39, 0.29) is 17.1 Å². The third-order valence-electron chi connectivity index (χ3n) is 4.59. The molecule has 6 nitrogen and oxygen atoms in total. The standard InChI is InChI=1S/C22H13FN4O2S/c23-13-10-11-17-18(12-13)30-22(24-17)25-20(28)19-15-8-4-5-9-16(15)21(29)27(26-19)14-6-2-1-3-7-14/h1-12H,(H,24,25,28). The van der Waals surface area contributed by atoms with Crippen LogP contribution in [0.15, 0.2) is 77.6 Å². The highest BCUT2D eigenvalue weighted by Gasteiger charge is 2.19. The monoisotopic (exact) mass is 416 g/mol. The largest absolute Gasteiger partial charge is 0.296 e. The number of benzene rings is 3. The molecular weight excluding hydrogens is 403 g/mol. The van der Waals surface area contributed by atoms with Gasteiger partial charge < -0.3 is 0 Å². The minimum atomic E-state index is -0.504. The Morgan fingerprint density at radius 2 is 1.70 bits per heavy atom. The lowest BCUT2D eigenvalue weighted by Crippen LogP contribution is -2.26. The number of carbonyl (C=O) groups is 1. The third-order valence-corrected chi connectivity index (χ3v) is 5.53. The van der Waals surface area contributed by atoms with Crippen molar-refractivity contribution >= 4 is 43.4 Å². The summed E-state index contributed by atoms with van der Waals surface area (Å²) in [6, 6.07) is 20.0. The molecule has 146 valence electrons. The number of aromatic nitrogens is 3. The van der Waals surface area contributed by atoms with Crippen molar-refractivity contribution in [2.45, 2.75) is 0 Å². The van der Waals surface area contributed by atoms with Crippen LogP contribution >= 0.6 is 11.3 Å². The number of amides is 1. The number of thiazole rings is 1. The molecule has 5 aromatic rings. The van der Waals surface area contributed by atoms with Gasteiger partial charge >= 0.3 is 0 Å². The van der Waals surface area contributed by atoms with Crippen molar-refractivity contribution in [1.29, 1.82) is 0 Å². The van der Waals surface area contributed by atoms with E-state index in [1.54, 1.807) is 54.6 Å². The van der Waals surface area contributed by atoms with Gasteiger partial charge in [0.15, 0.2) is 10.8 Å². The van der Waals surface area contributed by atoms with Crippen LogP contribution in [0.4, 0.5) is 9.52 Å². The summed E-state index contributed by atoms with van der Waals surface area (Å²) in [5.41, 5.74) is 0.921. The first-order chi connectivity index (χ1) is 14.6. The molecule has 2 heterocycles. The molecule has 0 aliphatic rings. The van der Waals surface area contributed by atoms with Crippen molar-refractivity contribution in [3.05, 3.63) is 94.7 Å². The molecule has 0 bridgehead atoms. The van der Waals surface area contributed by atoms with E-state index in [1.807, 2.05) is 6.07 Å². The molecule has 1 amide bonds. The maximum atomic E-state index is 13.4. The molecule has 5 rings (SSSR count). The summed E-state index contributed by atoms with van der Waals surface area (Å²) in [5.74, 6) is -0.873. The van der Waals surface area contributed by atoms with E-state index in [1.165, 1.54) is 16.8 Å². The predicted molar refractivity (Wildman–Crippen MR) is 115 cm³/mol. The molecule has 0 saturated carbocycles. The maximum Gasteiger partial charge on any atom is 0.279 e. The number of nitrogens with zero attached hydrogens (tertiary/aromatic N) is 3. The second-order valence-corrected chi connectivity index (χ2v) is 7.56. The number of rotatable bonds is 3. The molecule has 30 heavy (non-hydrogen) atoms. The molecule has 8 heteroatoms. The fourth-order valence-electron chi connectivity index (χ4n) is 3.21. The van der Waals surface area contributed by atoms with Crippen LogP contribution in [0.2, 0.25) is 0 Å². The molecule has 0 unspecified atom stereocenters. The van der Waals surface area contributed by atoms with Crippen LogP contribution < -0.4 is 10.9 Å². The van der Waals surface area contributed by atoms with Gasteiger partial charge in [0.1, 0.15) is 5.82 Å². The Morgan fingerprint density at radius 3 is 2.50 bits per heavy atom. The zero-order valence-electron chi connectivity index (χ0n) is 15.4. The smallest absolute Gasteiger partial charge is 0.279 e. The molecule has 0 aliphatic heterocycles. The number of para-hydroxylation sites is 1. The Morgan fingerprint density at radius 1 is 0.967 bits per heavy atom. The molecule has 2 aromatic heterocycles. The van der Waals surface area contributed by atoms with E-state index in [4.69, 9.17) is 0 Å². The highest BCUT2D eigenvalue weighted by molar-refractivity contribution is 7.22. The minimum Gasteiger partial charge on any atom is -0.296 e. The quantitative estimate of drug-likeness (QED) is 0.473. The Balaban J connectivity index is 1.62. The summed E-state index contributed by atoms with van der Waals surface area (Å²) < 4.78 is 15.3. The van der Waals surface area contributed by atoms with Crippen LogP contribution in [0.3, 0.4) is 0 Å². The van der Waals surface area contributed by atoms with Crippen molar-refractivity contribution in [3.8, 4) is 5.69 Å². The van der Waals surface area contributed by atoms with Crippen molar-refractivity contribution in [1.82, 2.24) is 14.8 Å². The Labute approximate surface area is 173 Å². The molecule has 3 aromatic carbocycles. The van der Waals surface area contributed by atoms with E-state index in [9.17, 15) is 14.0 Å². The van der Waals surface area contributed by atoms with Crippen molar-refractivity contribution in [2.75, 3.05) is 5.32 Å².